The van der Waals surface area contributed by atoms with Gasteiger partial charge in [-0.15, -0.1) is 0 Å². The van der Waals surface area contributed by atoms with E-state index in [9.17, 15) is 14.7 Å². The number of hydrogen-bond acceptors (Lipinski definition) is 6. The molecule has 6 heteroatoms. The first-order valence-electron chi connectivity index (χ1n) is 22.2. The van der Waals surface area contributed by atoms with Gasteiger partial charge in [-0.05, 0) is 77.3 Å². The SMILES string of the molecule is CCCCCCCCCOC(=O)CCCCCCCN(CCCCCCCC(=O)OC(CCCCCC)CCCCCCCC)CC(O)CC. The average Bonchev–Trinajstić information content (AvgIpc) is 3.11. The summed E-state index contributed by atoms with van der Waals surface area (Å²) in [5, 5.41) is 10.3. The monoisotopic (exact) mass is 710 g/mol. The quantitative estimate of drug-likeness (QED) is 0.0504. The molecule has 6 nitrogen and oxygen atoms in total. The van der Waals surface area contributed by atoms with Gasteiger partial charge in [-0.25, -0.2) is 0 Å². The maximum Gasteiger partial charge on any atom is 0.306 e. The zero-order chi connectivity index (χ0) is 36.8. The van der Waals surface area contributed by atoms with Crippen molar-refractivity contribution in [1.29, 1.82) is 0 Å². The van der Waals surface area contributed by atoms with E-state index in [0.29, 0.717) is 19.4 Å². The van der Waals surface area contributed by atoms with Crippen molar-refractivity contribution in [2.45, 2.75) is 245 Å². The highest BCUT2D eigenvalue weighted by Crippen LogP contribution is 2.18. The largest absolute Gasteiger partial charge is 0.466 e. The van der Waals surface area contributed by atoms with Crippen molar-refractivity contribution >= 4 is 11.9 Å². The number of hydrogen-bond donors (Lipinski definition) is 1. The molecule has 1 N–H and O–H groups in total. The maximum absolute atomic E-state index is 12.7. The van der Waals surface area contributed by atoms with Crippen molar-refractivity contribution in [3.05, 3.63) is 0 Å². The summed E-state index contributed by atoms with van der Waals surface area (Å²) in [5.41, 5.74) is 0. The molecule has 0 fully saturated rings. The smallest absolute Gasteiger partial charge is 0.306 e. The second-order valence-corrected chi connectivity index (χ2v) is 15.3. The number of esters is 2. The molecule has 0 aromatic carbocycles. The van der Waals surface area contributed by atoms with E-state index in [1.54, 1.807) is 0 Å². The van der Waals surface area contributed by atoms with Gasteiger partial charge in [0.05, 0.1) is 12.7 Å². The molecule has 0 heterocycles. The minimum atomic E-state index is -0.260. The lowest BCUT2D eigenvalue weighted by Gasteiger charge is -2.24. The lowest BCUT2D eigenvalue weighted by Crippen LogP contribution is -2.33. The van der Waals surface area contributed by atoms with Crippen LogP contribution < -0.4 is 0 Å². The third-order valence-corrected chi connectivity index (χ3v) is 10.2. The van der Waals surface area contributed by atoms with Crippen molar-refractivity contribution in [1.82, 2.24) is 4.90 Å². The molecule has 0 spiro atoms. The third kappa shape index (κ3) is 35.3. The van der Waals surface area contributed by atoms with E-state index in [2.05, 4.69) is 32.6 Å². The Hall–Kier alpha value is -1.14. The summed E-state index contributed by atoms with van der Waals surface area (Å²) in [7, 11) is 0. The first-order valence-corrected chi connectivity index (χ1v) is 22.2. The molecule has 0 aliphatic heterocycles. The summed E-state index contributed by atoms with van der Waals surface area (Å²) in [6, 6.07) is 0. The number of aliphatic hydroxyl groups is 1. The number of unbranched alkanes of at least 4 members (excludes halogenated alkanes) is 22. The van der Waals surface area contributed by atoms with Gasteiger partial charge in [-0.2, -0.15) is 0 Å². The molecule has 0 bridgehead atoms. The van der Waals surface area contributed by atoms with Gasteiger partial charge in [-0.1, -0.05) is 156 Å². The van der Waals surface area contributed by atoms with Crippen LogP contribution in [0.5, 0.6) is 0 Å². The molecule has 0 amide bonds. The molecule has 0 saturated carbocycles. The average molecular weight is 710 g/mol. The molecule has 0 aliphatic carbocycles. The zero-order valence-corrected chi connectivity index (χ0v) is 34.1. The lowest BCUT2D eigenvalue weighted by atomic mass is 10.0. The Kier molecular flexibility index (Phi) is 38.2. The fourth-order valence-corrected chi connectivity index (χ4v) is 6.77. The van der Waals surface area contributed by atoms with Crippen LogP contribution in [0.3, 0.4) is 0 Å². The Morgan fingerprint density at radius 1 is 0.500 bits per heavy atom. The fourth-order valence-electron chi connectivity index (χ4n) is 6.77. The summed E-state index contributed by atoms with van der Waals surface area (Å²) in [6.07, 6.45) is 36.0. The van der Waals surface area contributed by atoms with Crippen LogP contribution in [0.15, 0.2) is 0 Å². The van der Waals surface area contributed by atoms with Gasteiger partial charge in [0.1, 0.15) is 6.10 Å². The molecule has 0 radical (unpaired) electrons. The van der Waals surface area contributed by atoms with Crippen molar-refractivity contribution in [2.75, 3.05) is 26.2 Å². The van der Waals surface area contributed by atoms with Crippen molar-refractivity contribution in [2.24, 2.45) is 0 Å². The van der Waals surface area contributed by atoms with Crippen LogP contribution >= 0.6 is 0 Å². The number of nitrogens with zero attached hydrogens (tertiary/aromatic N) is 1. The maximum atomic E-state index is 12.7. The van der Waals surface area contributed by atoms with Gasteiger partial charge < -0.3 is 19.5 Å². The van der Waals surface area contributed by atoms with Crippen LogP contribution in [0.1, 0.15) is 233 Å². The second kappa shape index (κ2) is 39.1. The number of aliphatic hydroxyl groups excluding tert-OH is 1. The van der Waals surface area contributed by atoms with E-state index in [4.69, 9.17) is 9.47 Å². The van der Waals surface area contributed by atoms with Crippen molar-refractivity contribution in [3.8, 4) is 0 Å². The summed E-state index contributed by atoms with van der Waals surface area (Å²) >= 11 is 0. The molecule has 0 aromatic rings. The number of carbonyl (C=O) groups is 2. The van der Waals surface area contributed by atoms with Gasteiger partial charge in [0, 0.05) is 19.4 Å². The Bertz CT molecular complexity index is 717. The highest BCUT2D eigenvalue weighted by Gasteiger charge is 2.15. The predicted molar refractivity (Wildman–Crippen MR) is 214 cm³/mol. The van der Waals surface area contributed by atoms with E-state index in [1.807, 2.05) is 0 Å². The molecular formula is C44H87NO5. The van der Waals surface area contributed by atoms with Crippen LogP contribution in [0.2, 0.25) is 0 Å². The highest BCUT2D eigenvalue weighted by atomic mass is 16.5. The normalized spacial score (nSPS) is 12.8. The lowest BCUT2D eigenvalue weighted by molar-refractivity contribution is -0.150. The Morgan fingerprint density at radius 3 is 1.40 bits per heavy atom. The molecule has 50 heavy (non-hydrogen) atoms. The third-order valence-electron chi connectivity index (χ3n) is 10.2. The van der Waals surface area contributed by atoms with E-state index in [-0.39, 0.29) is 24.1 Å². The summed E-state index contributed by atoms with van der Waals surface area (Å²) in [4.78, 5) is 27.1. The van der Waals surface area contributed by atoms with E-state index in [0.717, 1.165) is 96.7 Å². The predicted octanol–water partition coefficient (Wildman–Crippen LogP) is 12.7. The molecule has 0 saturated heterocycles. The molecular weight excluding hydrogens is 622 g/mol. The summed E-state index contributed by atoms with van der Waals surface area (Å²) in [6.45, 7) is 12.2. The Balaban J connectivity index is 4.06. The van der Waals surface area contributed by atoms with Crippen LogP contribution in [-0.4, -0.2) is 60.4 Å². The topological polar surface area (TPSA) is 76.1 Å². The minimum Gasteiger partial charge on any atom is -0.466 e. The summed E-state index contributed by atoms with van der Waals surface area (Å²) in [5.74, 6) is -0.0220. The van der Waals surface area contributed by atoms with Gasteiger partial charge in [0.2, 0.25) is 0 Å². The zero-order valence-electron chi connectivity index (χ0n) is 34.1. The molecule has 2 atom stereocenters. The molecule has 0 aliphatic rings. The van der Waals surface area contributed by atoms with E-state index in [1.165, 1.54) is 116 Å². The second-order valence-electron chi connectivity index (χ2n) is 15.3. The molecule has 2 unspecified atom stereocenters. The van der Waals surface area contributed by atoms with Crippen LogP contribution in [-0.2, 0) is 19.1 Å². The van der Waals surface area contributed by atoms with Crippen LogP contribution in [0, 0.1) is 0 Å². The molecule has 0 rings (SSSR count). The number of ether oxygens (including phenoxy) is 2. The van der Waals surface area contributed by atoms with E-state index >= 15 is 0 Å². The summed E-state index contributed by atoms with van der Waals surface area (Å²) < 4.78 is 11.4. The first kappa shape index (κ1) is 48.9. The standard InChI is InChI=1S/C44H87NO5/c1-5-9-12-15-17-25-32-39-49-43(47)35-28-21-18-23-30-37-45(40-41(46)8-4)38-31-24-19-22-29-36-44(48)50-42(33-26-14-11-7-3)34-27-20-16-13-10-6-2/h41-42,46H,5-40H2,1-4H3. The Labute approximate surface area is 312 Å². The molecule has 0 aromatic heterocycles. The Morgan fingerprint density at radius 2 is 0.900 bits per heavy atom. The highest BCUT2D eigenvalue weighted by molar-refractivity contribution is 5.69. The van der Waals surface area contributed by atoms with Gasteiger partial charge in [0.15, 0.2) is 0 Å². The minimum absolute atomic E-state index is 0.00920. The fraction of sp³-hybridized carbons (Fsp3) is 0.955. The number of carbonyl (C=O) groups excluding carboxylic acids is 2. The van der Waals surface area contributed by atoms with E-state index < -0.39 is 0 Å². The van der Waals surface area contributed by atoms with Crippen molar-refractivity contribution < 1.29 is 24.2 Å². The van der Waals surface area contributed by atoms with Crippen molar-refractivity contribution in [3.63, 3.8) is 0 Å². The molecule has 298 valence electrons. The van der Waals surface area contributed by atoms with Gasteiger partial charge in [0.25, 0.3) is 0 Å². The first-order chi connectivity index (χ1) is 24.5. The van der Waals surface area contributed by atoms with Gasteiger partial charge in [-0.3, -0.25) is 9.59 Å². The number of rotatable bonds is 40. The van der Waals surface area contributed by atoms with Crippen LogP contribution in [0.25, 0.3) is 0 Å². The van der Waals surface area contributed by atoms with Crippen LogP contribution in [0.4, 0.5) is 0 Å². The van der Waals surface area contributed by atoms with Gasteiger partial charge >= 0.3 is 11.9 Å².